The Morgan fingerprint density at radius 3 is 1.43 bits per heavy atom. The van der Waals surface area contributed by atoms with Crippen LogP contribution in [0.2, 0.25) is 37.8 Å². The van der Waals surface area contributed by atoms with Gasteiger partial charge < -0.3 is 0 Å². The molecule has 0 atom stereocenters. The van der Waals surface area contributed by atoms with E-state index in [-0.39, 0.29) is 0 Å². The Morgan fingerprint density at radius 1 is 1.00 bits per heavy atom. The Labute approximate surface area is 96.8 Å². The molecule has 0 rings (SSSR count). The fraction of sp³-hybridized carbons (Fsp3) is 0.818. The molecular formula is C11H24SSi2. The van der Waals surface area contributed by atoms with Crippen molar-refractivity contribution in [2.75, 3.05) is 0 Å². The van der Waals surface area contributed by atoms with E-state index in [2.05, 4.69) is 45.4 Å². The molecule has 0 bridgehead atoms. The van der Waals surface area contributed by atoms with Gasteiger partial charge in [0, 0.05) is 0 Å². The molecule has 0 fully saturated rings. The Balaban J connectivity index is 5.29. The predicted octanol–water partition coefficient (Wildman–Crippen LogP) is 4.44. The van der Waals surface area contributed by atoms with E-state index >= 15 is 0 Å². The number of hydrogen-bond acceptors (Lipinski definition) is 1. The minimum absolute atomic E-state index is 1.22. The van der Waals surface area contributed by atoms with Gasteiger partial charge in [-0.15, -0.1) is 0 Å². The van der Waals surface area contributed by atoms with Gasteiger partial charge in [-0.25, -0.2) is 0 Å². The number of rotatable bonds is 5. The SMILES string of the molecule is CC[Si](CC)(CC)C(=C=S)[Si](C)(C)C. The van der Waals surface area contributed by atoms with Crippen LogP contribution in [0.5, 0.6) is 0 Å². The van der Waals surface area contributed by atoms with Gasteiger partial charge in [0.05, 0.1) is 16.1 Å². The van der Waals surface area contributed by atoms with Crippen molar-refractivity contribution in [2.24, 2.45) is 0 Å². The third kappa shape index (κ3) is 2.89. The molecule has 0 aliphatic heterocycles. The normalized spacial score (nSPS) is 12.4. The van der Waals surface area contributed by atoms with Gasteiger partial charge in [0.25, 0.3) is 0 Å². The third-order valence-electron chi connectivity index (χ3n) is 3.41. The molecule has 0 aliphatic carbocycles. The standard InChI is InChI=1S/C11H24SSi2/c1-7-14(8-2,9-3)11(10-12)13(4,5)6/h7-9H2,1-6H3. The maximum Gasteiger partial charge on any atom is 0.0867 e. The van der Waals surface area contributed by atoms with Crippen molar-refractivity contribution in [3.8, 4) is 0 Å². The van der Waals surface area contributed by atoms with Gasteiger partial charge in [0.15, 0.2) is 0 Å². The van der Waals surface area contributed by atoms with Crippen LogP contribution >= 0.6 is 12.2 Å². The highest BCUT2D eigenvalue weighted by molar-refractivity contribution is 7.78. The molecule has 0 saturated carbocycles. The van der Waals surface area contributed by atoms with Crippen LogP contribution in [0.3, 0.4) is 0 Å². The summed E-state index contributed by atoms with van der Waals surface area (Å²) < 4.78 is 0. The van der Waals surface area contributed by atoms with E-state index in [0.29, 0.717) is 0 Å². The van der Waals surface area contributed by atoms with E-state index in [1.807, 2.05) is 0 Å². The van der Waals surface area contributed by atoms with Crippen molar-refractivity contribution in [1.29, 1.82) is 0 Å². The molecule has 14 heavy (non-hydrogen) atoms. The summed E-state index contributed by atoms with van der Waals surface area (Å²) in [7, 11) is -2.44. The smallest absolute Gasteiger partial charge is 0.0675 e. The Morgan fingerprint density at radius 2 is 1.36 bits per heavy atom. The van der Waals surface area contributed by atoms with Gasteiger partial charge in [-0.2, -0.15) is 0 Å². The molecule has 3 heteroatoms. The van der Waals surface area contributed by atoms with Crippen molar-refractivity contribution in [3.63, 3.8) is 0 Å². The molecule has 0 N–H and O–H groups in total. The first-order chi connectivity index (χ1) is 6.37. The molecule has 0 saturated heterocycles. The van der Waals surface area contributed by atoms with Crippen molar-refractivity contribution >= 4 is 33.4 Å². The fourth-order valence-corrected chi connectivity index (χ4v) is 14.9. The van der Waals surface area contributed by atoms with E-state index in [9.17, 15) is 0 Å². The van der Waals surface area contributed by atoms with Gasteiger partial charge in [0.2, 0.25) is 0 Å². The molecule has 0 radical (unpaired) electrons. The Kier molecular flexibility index (Phi) is 5.52. The first-order valence-corrected chi connectivity index (χ1v) is 12.2. The summed E-state index contributed by atoms with van der Waals surface area (Å²) in [5.41, 5.74) is 0. The second-order valence-electron chi connectivity index (χ2n) is 5.07. The van der Waals surface area contributed by atoms with Gasteiger partial charge in [-0.1, -0.05) is 63.6 Å². The molecule has 0 unspecified atom stereocenters. The van der Waals surface area contributed by atoms with Crippen LogP contribution in [-0.2, 0) is 0 Å². The summed E-state index contributed by atoms with van der Waals surface area (Å²) in [6.45, 7) is 14.2. The maximum atomic E-state index is 5.15. The topological polar surface area (TPSA) is 0 Å². The van der Waals surface area contributed by atoms with Gasteiger partial charge in [-0.05, 0) is 17.0 Å². The average molecular weight is 245 g/mol. The number of hydrogen-bond donors (Lipinski definition) is 0. The average Bonchev–Trinajstić information content (AvgIpc) is 2.12. The van der Waals surface area contributed by atoms with Crippen LogP contribution in [0, 0.1) is 0 Å². The molecule has 0 amide bonds. The van der Waals surface area contributed by atoms with Crippen molar-refractivity contribution in [3.05, 3.63) is 4.82 Å². The van der Waals surface area contributed by atoms with E-state index in [1.54, 1.807) is 4.82 Å². The van der Waals surface area contributed by atoms with E-state index in [4.69, 9.17) is 12.2 Å². The summed E-state index contributed by atoms with van der Waals surface area (Å²) in [6, 6.07) is 4.01. The lowest BCUT2D eigenvalue weighted by Gasteiger charge is -2.36. The lowest BCUT2D eigenvalue weighted by atomic mass is 10.9. The molecular weight excluding hydrogens is 220 g/mol. The third-order valence-corrected chi connectivity index (χ3v) is 14.7. The van der Waals surface area contributed by atoms with Crippen LogP contribution in [0.15, 0.2) is 4.82 Å². The lowest BCUT2D eigenvalue weighted by Crippen LogP contribution is -2.45. The fourth-order valence-electron chi connectivity index (χ4n) is 2.34. The minimum atomic E-state index is -1.22. The predicted molar refractivity (Wildman–Crippen MR) is 76.7 cm³/mol. The highest BCUT2D eigenvalue weighted by Gasteiger charge is 2.38. The highest BCUT2D eigenvalue weighted by Crippen LogP contribution is 2.32. The van der Waals surface area contributed by atoms with E-state index < -0.39 is 16.1 Å². The zero-order valence-electron chi connectivity index (χ0n) is 10.5. The van der Waals surface area contributed by atoms with Crippen molar-refractivity contribution < 1.29 is 0 Å². The Bertz CT molecular complexity index is 222. The largest absolute Gasteiger partial charge is 0.0867 e. The second-order valence-corrected chi connectivity index (χ2v) is 16.0. The molecule has 0 aromatic carbocycles. The lowest BCUT2D eigenvalue weighted by molar-refractivity contribution is 1.19. The zero-order valence-corrected chi connectivity index (χ0v) is 13.3. The molecule has 0 nitrogen and oxygen atoms in total. The first-order valence-electron chi connectivity index (χ1n) is 5.64. The molecule has 82 valence electrons. The second kappa shape index (κ2) is 5.40. The molecule has 0 spiro atoms. The monoisotopic (exact) mass is 244 g/mol. The van der Waals surface area contributed by atoms with Crippen LogP contribution in [-0.4, -0.2) is 21.2 Å². The number of thiocarbonyl (C=S) groups is 1. The van der Waals surface area contributed by atoms with Crippen molar-refractivity contribution in [2.45, 2.75) is 58.5 Å². The van der Waals surface area contributed by atoms with E-state index in [0.717, 1.165) is 0 Å². The van der Waals surface area contributed by atoms with Crippen LogP contribution in [0.25, 0.3) is 0 Å². The zero-order chi connectivity index (χ0) is 11.4. The van der Waals surface area contributed by atoms with Crippen LogP contribution in [0.4, 0.5) is 0 Å². The van der Waals surface area contributed by atoms with Crippen molar-refractivity contribution in [1.82, 2.24) is 0 Å². The van der Waals surface area contributed by atoms with Crippen LogP contribution < -0.4 is 0 Å². The van der Waals surface area contributed by atoms with Crippen LogP contribution in [0.1, 0.15) is 20.8 Å². The molecule has 0 aromatic heterocycles. The summed E-state index contributed by atoms with van der Waals surface area (Å²) in [5, 5.41) is 3.16. The first kappa shape index (κ1) is 14.3. The Hall–Kier alpha value is 0.304. The molecule has 0 aromatic rings. The summed E-state index contributed by atoms with van der Waals surface area (Å²) in [6.07, 6.45) is 0. The quantitative estimate of drug-likeness (QED) is 0.509. The maximum absolute atomic E-state index is 5.15. The minimum Gasteiger partial charge on any atom is -0.0675 e. The summed E-state index contributed by atoms with van der Waals surface area (Å²) >= 11 is 5.15. The molecule has 0 heterocycles. The van der Waals surface area contributed by atoms with Gasteiger partial charge in [-0.3, -0.25) is 0 Å². The van der Waals surface area contributed by atoms with E-state index in [1.165, 1.54) is 18.1 Å². The summed E-state index contributed by atoms with van der Waals surface area (Å²) in [5.74, 6) is 0. The van der Waals surface area contributed by atoms with Gasteiger partial charge >= 0.3 is 0 Å². The van der Waals surface area contributed by atoms with Gasteiger partial charge in [0.1, 0.15) is 0 Å². The highest BCUT2D eigenvalue weighted by atomic mass is 32.1. The molecule has 0 aliphatic rings. The summed E-state index contributed by atoms with van der Waals surface area (Å²) in [4.78, 5) is 1.60.